The van der Waals surface area contributed by atoms with Gasteiger partial charge in [0.25, 0.3) is 6.43 Å². The highest BCUT2D eigenvalue weighted by Crippen LogP contribution is 2.42. The van der Waals surface area contributed by atoms with Crippen LogP contribution >= 0.6 is 0 Å². The van der Waals surface area contributed by atoms with Crippen molar-refractivity contribution in [1.29, 1.82) is 0 Å². The summed E-state index contributed by atoms with van der Waals surface area (Å²) in [6, 6.07) is 15.9. The largest absolute Gasteiger partial charge is 0.321 e. The number of rotatable bonds is 7. The molecule has 7 nitrogen and oxygen atoms in total. The number of nitrogens with one attached hydrogen (secondary N) is 1. The molecule has 9 heteroatoms. The number of aryl methyl sites for hydroxylation is 2. The van der Waals surface area contributed by atoms with E-state index in [9.17, 15) is 13.6 Å². The van der Waals surface area contributed by atoms with E-state index in [0.29, 0.717) is 40.3 Å². The van der Waals surface area contributed by atoms with E-state index in [-0.39, 0.29) is 23.9 Å². The maximum absolute atomic E-state index is 13.9. The molecule has 0 unspecified atom stereocenters. The molecule has 0 radical (unpaired) electrons. The minimum Gasteiger partial charge on any atom is -0.321 e. The Balaban J connectivity index is 1.27. The Labute approximate surface area is 218 Å². The lowest BCUT2D eigenvalue weighted by molar-refractivity contribution is -0.116. The monoisotopic (exact) mass is 514 g/mol. The lowest BCUT2D eigenvalue weighted by atomic mass is 10.0. The molecule has 3 aromatic heterocycles. The molecule has 1 aliphatic carbocycles. The van der Waals surface area contributed by atoms with Crippen molar-refractivity contribution in [1.82, 2.24) is 24.5 Å². The third-order valence-electron chi connectivity index (χ3n) is 7.30. The molecule has 0 aliphatic heterocycles. The number of alkyl halides is 2. The fourth-order valence-electron chi connectivity index (χ4n) is 5.22. The summed E-state index contributed by atoms with van der Waals surface area (Å²) in [7, 11) is 0. The lowest BCUT2D eigenvalue weighted by Gasteiger charge is -2.10. The first-order chi connectivity index (χ1) is 18.3. The molecule has 1 aliphatic rings. The molecule has 1 N–H and O–H groups in total. The lowest BCUT2D eigenvalue weighted by Crippen LogP contribution is -2.20. The Kier molecular flexibility index (Phi) is 5.93. The number of carbonyl (C=O) groups is 1. The van der Waals surface area contributed by atoms with Crippen LogP contribution in [0.3, 0.4) is 0 Å². The smallest absolute Gasteiger partial charge is 0.264 e. The van der Waals surface area contributed by atoms with Gasteiger partial charge in [0, 0.05) is 17.2 Å². The first-order valence-corrected chi connectivity index (χ1v) is 12.8. The molecular formula is C29H28F2N6O. The maximum atomic E-state index is 13.9. The Morgan fingerprint density at radius 1 is 1.03 bits per heavy atom. The number of hydrogen-bond donors (Lipinski definition) is 1. The standard InChI is InChI=1S/C29H28F2N6O/c1-16-26-23(28(30)31)13-24(20-11-12-20)32-29(26)37(34-16)15-25(38)33-27-17(2)35-36(18(27)3)14-21-9-6-8-19-7-4-5-10-22(19)21/h4-10,13,20,28H,11-12,14-15H2,1-3H3,(H,33,38). The Hall–Kier alpha value is -4.14. The van der Waals surface area contributed by atoms with Crippen LogP contribution in [0.1, 0.15) is 59.1 Å². The van der Waals surface area contributed by atoms with Gasteiger partial charge in [-0.3, -0.25) is 9.48 Å². The molecule has 5 aromatic rings. The molecule has 194 valence electrons. The maximum Gasteiger partial charge on any atom is 0.264 e. The van der Waals surface area contributed by atoms with Gasteiger partial charge in [-0.1, -0.05) is 42.5 Å². The Morgan fingerprint density at radius 2 is 1.76 bits per heavy atom. The molecule has 2 aromatic carbocycles. The zero-order valence-corrected chi connectivity index (χ0v) is 21.5. The second-order valence-electron chi connectivity index (χ2n) is 10.0. The molecule has 0 saturated heterocycles. The first-order valence-electron chi connectivity index (χ1n) is 12.8. The molecule has 1 amide bonds. The number of amides is 1. The Morgan fingerprint density at radius 3 is 2.53 bits per heavy atom. The van der Waals surface area contributed by atoms with E-state index in [2.05, 4.69) is 44.8 Å². The van der Waals surface area contributed by atoms with Crippen LogP contribution in [0.4, 0.5) is 14.5 Å². The number of benzene rings is 2. The third kappa shape index (κ3) is 4.31. The van der Waals surface area contributed by atoms with Crippen LogP contribution in [0.5, 0.6) is 0 Å². The molecule has 0 bridgehead atoms. The molecule has 3 heterocycles. The van der Waals surface area contributed by atoms with Crippen LogP contribution in [0.2, 0.25) is 0 Å². The van der Waals surface area contributed by atoms with Crippen molar-refractivity contribution in [2.24, 2.45) is 0 Å². The molecule has 1 fully saturated rings. The summed E-state index contributed by atoms with van der Waals surface area (Å²) in [5.41, 5.74) is 4.66. The van der Waals surface area contributed by atoms with E-state index >= 15 is 0 Å². The highest BCUT2D eigenvalue weighted by atomic mass is 19.3. The molecule has 6 rings (SSSR count). The van der Waals surface area contributed by atoms with E-state index in [1.165, 1.54) is 10.7 Å². The number of aromatic nitrogens is 5. The summed E-state index contributed by atoms with van der Waals surface area (Å²) in [5.74, 6) is -0.116. The average molecular weight is 515 g/mol. The molecule has 38 heavy (non-hydrogen) atoms. The van der Waals surface area contributed by atoms with Gasteiger partial charge in [0.15, 0.2) is 5.65 Å². The second-order valence-corrected chi connectivity index (χ2v) is 10.0. The van der Waals surface area contributed by atoms with E-state index in [4.69, 9.17) is 0 Å². The van der Waals surface area contributed by atoms with Crippen molar-refractivity contribution >= 4 is 33.4 Å². The summed E-state index contributed by atoms with van der Waals surface area (Å²) >= 11 is 0. The summed E-state index contributed by atoms with van der Waals surface area (Å²) in [5, 5.41) is 14.7. The van der Waals surface area contributed by atoms with Crippen molar-refractivity contribution in [2.75, 3.05) is 5.32 Å². The summed E-state index contributed by atoms with van der Waals surface area (Å²) < 4.78 is 31.1. The number of halogens is 2. The minimum absolute atomic E-state index is 0.0672. The highest BCUT2D eigenvalue weighted by Gasteiger charge is 2.29. The fraction of sp³-hybridized carbons (Fsp3) is 0.310. The number of fused-ring (bicyclic) bond motifs is 2. The van der Waals surface area contributed by atoms with Crippen molar-refractivity contribution in [3.63, 3.8) is 0 Å². The Bertz CT molecular complexity index is 1690. The SMILES string of the molecule is Cc1nn(Cc2cccc3ccccc23)c(C)c1NC(=O)Cn1nc(C)c2c(C(F)F)cc(C3CC3)nc21. The van der Waals surface area contributed by atoms with Gasteiger partial charge in [0.2, 0.25) is 5.91 Å². The van der Waals surface area contributed by atoms with E-state index < -0.39 is 6.43 Å². The third-order valence-corrected chi connectivity index (χ3v) is 7.30. The normalized spacial score (nSPS) is 13.6. The van der Waals surface area contributed by atoms with Gasteiger partial charge in [-0.15, -0.1) is 0 Å². The predicted octanol–water partition coefficient (Wildman–Crippen LogP) is 6.21. The minimum atomic E-state index is -2.64. The average Bonchev–Trinajstić information content (AvgIpc) is 3.66. The van der Waals surface area contributed by atoms with Gasteiger partial charge in [0.05, 0.1) is 34.7 Å². The van der Waals surface area contributed by atoms with E-state index in [0.717, 1.165) is 34.9 Å². The number of carbonyl (C=O) groups excluding carboxylic acids is 1. The number of anilines is 1. The van der Waals surface area contributed by atoms with E-state index in [1.54, 1.807) is 6.92 Å². The summed E-state index contributed by atoms with van der Waals surface area (Å²) in [4.78, 5) is 17.8. The molecule has 0 atom stereocenters. The van der Waals surface area contributed by atoms with Crippen molar-refractivity contribution in [3.05, 3.63) is 82.4 Å². The van der Waals surface area contributed by atoms with Gasteiger partial charge in [-0.25, -0.2) is 18.4 Å². The molecule has 0 spiro atoms. The van der Waals surface area contributed by atoms with Gasteiger partial charge in [-0.05, 0) is 56.0 Å². The second kappa shape index (κ2) is 9.31. The van der Waals surface area contributed by atoms with Gasteiger partial charge >= 0.3 is 0 Å². The predicted molar refractivity (Wildman–Crippen MR) is 143 cm³/mol. The molecule has 1 saturated carbocycles. The first kappa shape index (κ1) is 24.2. The van der Waals surface area contributed by atoms with Gasteiger partial charge in [-0.2, -0.15) is 10.2 Å². The van der Waals surface area contributed by atoms with Crippen LogP contribution in [0.25, 0.3) is 21.8 Å². The zero-order chi connectivity index (χ0) is 26.6. The van der Waals surface area contributed by atoms with Crippen LogP contribution in [-0.4, -0.2) is 30.5 Å². The van der Waals surface area contributed by atoms with E-state index in [1.807, 2.05) is 36.7 Å². The summed E-state index contributed by atoms with van der Waals surface area (Å²) in [6.45, 7) is 5.88. The highest BCUT2D eigenvalue weighted by molar-refractivity contribution is 5.93. The van der Waals surface area contributed by atoms with Gasteiger partial charge < -0.3 is 5.32 Å². The van der Waals surface area contributed by atoms with Crippen molar-refractivity contribution in [3.8, 4) is 0 Å². The number of pyridine rings is 1. The van der Waals surface area contributed by atoms with Crippen molar-refractivity contribution < 1.29 is 13.6 Å². The van der Waals surface area contributed by atoms with Crippen LogP contribution in [-0.2, 0) is 17.9 Å². The zero-order valence-electron chi connectivity index (χ0n) is 21.5. The number of hydrogen-bond acceptors (Lipinski definition) is 4. The topological polar surface area (TPSA) is 77.6 Å². The van der Waals surface area contributed by atoms with Crippen LogP contribution in [0.15, 0.2) is 48.5 Å². The van der Waals surface area contributed by atoms with Crippen LogP contribution < -0.4 is 5.32 Å². The number of nitrogens with zero attached hydrogens (tertiary/aromatic N) is 5. The fourth-order valence-corrected chi connectivity index (χ4v) is 5.22. The van der Waals surface area contributed by atoms with Gasteiger partial charge in [0.1, 0.15) is 6.54 Å². The quantitative estimate of drug-likeness (QED) is 0.280. The van der Waals surface area contributed by atoms with Crippen molar-refractivity contribution in [2.45, 2.75) is 59.0 Å². The summed E-state index contributed by atoms with van der Waals surface area (Å²) in [6.07, 6.45) is -0.757. The van der Waals surface area contributed by atoms with Crippen LogP contribution in [0, 0.1) is 20.8 Å². The molecular weight excluding hydrogens is 486 g/mol.